The molecule has 5 aromatic carbocycles. The van der Waals surface area contributed by atoms with Crippen molar-refractivity contribution in [2.45, 2.75) is 127 Å². The van der Waals surface area contributed by atoms with Gasteiger partial charge in [0.25, 0.3) is 5.91 Å². The number of anilines is 1. The molecule has 5 rings (SSSR count). The number of carboxylic acid groups (broad SMARTS) is 4. The Balaban J connectivity index is 0.00000275. The van der Waals surface area contributed by atoms with Crippen LogP contribution in [0.25, 0.3) is 0 Å². The average Bonchev–Trinajstić information content (AvgIpc) is 1.21. The number of aromatic hydroxyl groups is 1. The van der Waals surface area contributed by atoms with Crippen molar-refractivity contribution in [2.75, 3.05) is 5.73 Å². The first-order valence-corrected chi connectivity index (χ1v) is 29.7. The molecule has 34 heteroatoms. The Morgan fingerprint density at radius 1 is 0.449 bits per heavy atom. The highest BCUT2D eigenvalue weighted by molar-refractivity contribution is 6.02. The van der Waals surface area contributed by atoms with E-state index in [1.54, 1.807) is 103 Å². The SMILES string of the molecule is CC(C)[C@H](NC(=O)[C@H](CC(=O)O)NC(=O)[C@H](Cc1ccccc1)NC(=O)[C@H](C)NC(=O)[C@H](Cc1ccccc1)NC(=O)[C@H](C)NC(=O)c1ccccc1N)C(=O)N[C@@H](Cc1ccccc1)C(=O)N[C@@H](Cc1ccc(O)c([N+](=O)[O-])c1)C(=O)N[C@@H](CC(=O)O)C(=O)O.O=C(O)C(F)(F)F. The molecule has 0 unspecified atom stereocenters. The zero-order valence-corrected chi connectivity index (χ0v) is 52.7. The number of nitrogens with one attached hydrogen (secondary N) is 9. The van der Waals surface area contributed by atoms with Crippen LogP contribution in [0, 0.1) is 16.0 Å². The lowest BCUT2D eigenvalue weighted by Crippen LogP contribution is -2.61. The number of rotatable bonds is 33. The van der Waals surface area contributed by atoms with Gasteiger partial charge in [-0.05, 0) is 60.2 Å². The van der Waals surface area contributed by atoms with Gasteiger partial charge < -0.3 is 79.1 Å². The number of benzene rings is 5. The van der Waals surface area contributed by atoms with Crippen molar-refractivity contribution in [1.29, 1.82) is 0 Å². The molecule has 16 N–H and O–H groups in total. The lowest BCUT2D eigenvalue weighted by Gasteiger charge is -2.29. The third-order valence-electron chi connectivity index (χ3n) is 14.2. The Kier molecular flexibility index (Phi) is 29.8. The van der Waals surface area contributed by atoms with Crippen molar-refractivity contribution in [2.24, 2.45) is 5.92 Å². The molecule has 0 aliphatic carbocycles. The molecule has 0 aromatic heterocycles. The van der Waals surface area contributed by atoms with Crippen LogP contribution >= 0.6 is 0 Å². The number of nitrogen functional groups attached to an aromatic ring is 1. The lowest BCUT2D eigenvalue weighted by molar-refractivity contribution is -0.385. The number of phenols is 1. The van der Waals surface area contributed by atoms with Crippen molar-refractivity contribution in [3.63, 3.8) is 0 Å². The van der Waals surface area contributed by atoms with Gasteiger partial charge in [-0.3, -0.25) is 62.9 Å². The molecule has 0 aliphatic heterocycles. The smallest absolute Gasteiger partial charge is 0.490 e. The number of nitrogens with two attached hydrogens (primary N) is 1. The number of carbonyl (C=O) groups is 13. The maximum atomic E-state index is 14.4. The molecule has 0 heterocycles. The van der Waals surface area contributed by atoms with Gasteiger partial charge in [0.05, 0.1) is 23.3 Å². The molecule has 9 atom stereocenters. The van der Waals surface area contributed by atoms with Crippen LogP contribution in [0.15, 0.2) is 133 Å². The Morgan fingerprint density at radius 2 is 0.796 bits per heavy atom. The summed E-state index contributed by atoms with van der Waals surface area (Å²) in [6, 6.07) is 19.2. The van der Waals surface area contributed by atoms with Crippen LogP contribution in [0.4, 0.5) is 24.5 Å². The Morgan fingerprint density at radius 3 is 1.19 bits per heavy atom. The molecular weight excluding hydrogens is 1300 g/mol. The Bertz CT molecular complexity index is 3700. The van der Waals surface area contributed by atoms with E-state index in [1.165, 1.54) is 39.8 Å². The fraction of sp³-hybridized carbons (Fsp3) is 0.328. The number of nitro benzene ring substituents is 1. The summed E-state index contributed by atoms with van der Waals surface area (Å²) in [6.45, 7) is 5.62. The zero-order valence-electron chi connectivity index (χ0n) is 52.7. The second kappa shape index (κ2) is 37.2. The molecule has 0 saturated carbocycles. The molecule has 9 amide bonds. The lowest BCUT2D eigenvalue weighted by atomic mass is 9.99. The predicted octanol–water partition coefficient (Wildman–Crippen LogP) is 1.19. The van der Waals surface area contributed by atoms with E-state index in [-0.39, 0.29) is 36.1 Å². The van der Waals surface area contributed by atoms with Crippen molar-refractivity contribution >= 4 is 88.4 Å². The van der Waals surface area contributed by atoms with Crippen LogP contribution in [0.3, 0.4) is 0 Å². The largest absolute Gasteiger partial charge is 0.502 e. The predicted molar refractivity (Wildman–Crippen MR) is 338 cm³/mol. The number of carbonyl (C=O) groups excluding carboxylic acids is 9. The number of nitrogens with zero attached hydrogens (tertiary/aromatic N) is 1. The first kappa shape index (κ1) is 78.4. The van der Waals surface area contributed by atoms with Crippen LogP contribution in [-0.2, 0) is 83.2 Å². The van der Waals surface area contributed by atoms with Gasteiger partial charge in [-0.2, -0.15) is 13.2 Å². The van der Waals surface area contributed by atoms with Gasteiger partial charge >= 0.3 is 35.7 Å². The first-order chi connectivity index (χ1) is 46.0. The number of nitro groups is 1. The van der Waals surface area contributed by atoms with Crippen molar-refractivity contribution in [3.8, 4) is 5.75 Å². The minimum atomic E-state index is -5.08. The molecule has 0 saturated heterocycles. The highest BCUT2D eigenvalue weighted by Crippen LogP contribution is 2.27. The topological polar surface area (TPSA) is 500 Å². The van der Waals surface area contributed by atoms with Crippen LogP contribution < -0.4 is 53.6 Å². The van der Waals surface area contributed by atoms with Gasteiger partial charge in [0.2, 0.25) is 47.3 Å². The molecule has 0 spiro atoms. The molecule has 0 radical (unpaired) electrons. The number of alkyl halides is 3. The van der Waals surface area contributed by atoms with Gasteiger partial charge in [-0.15, -0.1) is 0 Å². The number of phenolic OH excluding ortho intramolecular Hbond substituents is 1. The molecule has 31 nitrogen and oxygen atoms in total. The van der Waals surface area contributed by atoms with E-state index in [0.29, 0.717) is 16.7 Å². The summed E-state index contributed by atoms with van der Waals surface area (Å²) in [6.07, 6.45) is -8.55. The number of hydrogen-bond donors (Lipinski definition) is 15. The monoisotopic (exact) mass is 1370 g/mol. The fourth-order valence-electron chi connectivity index (χ4n) is 9.11. The average molecular weight is 1370 g/mol. The minimum Gasteiger partial charge on any atom is -0.502 e. The van der Waals surface area contributed by atoms with Crippen LogP contribution in [0.2, 0.25) is 0 Å². The summed E-state index contributed by atoms with van der Waals surface area (Å²) in [7, 11) is 0. The van der Waals surface area contributed by atoms with Crippen LogP contribution in [-0.4, -0.2) is 168 Å². The van der Waals surface area contributed by atoms with Crippen molar-refractivity contribution in [3.05, 3.63) is 171 Å². The second-order valence-electron chi connectivity index (χ2n) is 22.3. The summed E-state index contributed by atoms with van der Waals surface area (Å²) < 4.78 is 31.7. The van der Waals surface area contributed by atoms with Gasteiger partial charge in [0.15, 0.2) is 5.75 Å². The maximum Gasteiger partial charge on any atom is 0.490 e. The van der Waals surface area contributed by atoms with Crippen LogP contribution in [0.5, 0.6) is 5.75 Å². The molecule has 98 heavy (non-hydrogen) atoms. The molecule has 0 bridgehead atoms. The quantitative estimate of drug-likeness (QED) is 0.0159. The van der Waals surface area contributed by atoms with Crippen molar-refractivity contribution < 1.29 is 106 Å². The first-order valence-electron chi connectivity index (χ1n) is 29.7. The van der Waals surface area contributed by atoms with Gasteiger partial charge in [0.1, 0.15) is 54.4 Å². The molecule has 524 valence electrons. The highest BCUT2D eigenvalue weighted by Gasteiger charge is 2.39. The Hall–Kier alpha value is -12.0. The van der Waals surface area contributed by atoms with Crippen LogP contribution in [0.1, 0.15) is 73.1 Å². The van der Waals surface area contributed by atoms with Gasteiger partial charge in [-0.1, -0.05) is 123 Å². The number of aliphatic carboxylic acids is 4. The molecular formula is C64H72F3N11O20. The maximum absolute atomic E-state index is 14.4. The van der Waals surface area contributed by atoms with Gasteiger partial charge in [-0.25, -0.2) is 9.59 Å². The zero-order chi connectivity index (χ0) is 73.1. The molecule has 5 aromatic rings. The number of carboxylic acids is 4. The Labute approximate surface area is 556 Å². The van der Waals surface area contributed by atoms with E-state index in [2.05, 4.69) is 42.5 Å². The summed E-state index contributed by atoms with van der Waals surface area (Å²) in [5.74, 6) is -18.3. The standard InChI is InChI=1S/C62H71N11O18.C2HF3O2/c1-33(2)52(61(87)70-44(28-38-20-12-7-13-21-38)58(84)68-45(59(85)71-47(62(88)89)32-51(77)78)29-39-24-25-49(74)48(30-39)73(90)91)72-60(86)46(31-50(75)76)69-57(83)43(27-37-18-10-6-11-19-37)67-54(80)35(4)65-56(82)42(26-36-16-8-5-9-17-36)66-53(79)34(3)64-55(81)40-22-14-15-23-41(40)63;3-2(4,5)1(6)7/h5-25,30,33-35,42-47,52,74H,26-29,31-32,63H2,1-4H3,(H,64,81)(H,65,82)(H,66,79)(H,67,80)(H,68,84)(H,69,83)(H,70,87)(H,71,85)(H,72,86)(H,75,76)(H,77,78)(H,88,89);(H,6,7)/t34-,35-,42-,43-,44-,45-,46-,47-,52-;/m0./s1. The highest BCUT2D eigenvalue weighted by atomic mass is 19.4. The van der Waals surface area contributed by atoms with E-state index >= 15 is 0 Å². The third-order valence-corrected chi connectivity index (χ3v) is 14.2. The number of hydrogen-bond acceptors (Lipinski definition) is 17. The molecule has 0 fully saturated rings. The summed E-state index contributed by atoms with van der Waals surface area (Å²) >= 11 is 0. The van der Waals surface area contributed by atoms with E-state index in [1.807, 2.05) is 5.32 Å². The fourth-order valence-corrected chi connectivity index (χ4v) is 9.11. The van der Waals surface area contributed by atoms with E-state index < -0.39 is 179 Å². The van der Waals surface area contributed by atoms with Gasteiger partial charge in [0, 0.05) is 37.4 Å². The summed E-state index contributed by atoms with van der Waals surface area (Å²) in [4.78, 5) is 182. The molecule has 0 aliphatic rings. The van der Waals surface area contributed by atoms with Crippen molar-refractivity contribution in [1.82, 2.24) is 47.9 Å². The van der Waals surface area contributed by atoms with E-state index in [4.69, 9.17) is 15.6 Å². The summed E-state index contributed by atoms with van der Waals surface area (Å²) in [5.41, 5.74) is 6.88. The van der Waals surface area contributed by atoms with E-state index in [9.17, 15) is 101 Å². The van der Waals surface area contributed by atoms with E-state index in [0.717, 1.165) is 18.2 Å². The summed E-state index contributed by atoms with van der Waals surface area (Å²) in [5, 5.41) is 80.0. The number of amides is 9. The second-order valence-corrected chi connectivity index (χ2v) is 22.3. The minimum absolute atomic E-state index is 0.0455. The third kappa shape index (κ3) is 25.7. The normalized spacial score (nSPS) is 13.7. The number of para-hydroxylation sites is 1. The number of halogens is 3.